The van der Waals surface area contributed by atoms with Crippen molar-refractivity contribution in [2.45, 2.75) is 57.8 Å². The molecule has 2 rings (SSSR count). The summed E-state index contributed by atoms with van der Waals surface area (Å²) in [6, 6.07) is 2.78. The van der Waals surface area contributed by atoms with Crippen LogP contribution in [0, 0.1) is 5.82 Å². The lowest BCUT2D eigenvalue weighted by atomic mass is 10.1. The van der Waals surface area contributed by atoms with Crippen LogP contribution in [-0.4, -0.2) is 31.0 Å². The number of rotatable bonds is 7. The maximum atomic E-state index is 13.2. The van der Waals surface area contributed by atoms with E-state index in [2.05, 4.69) is 20.9 Å². The third kappa shape index (κ3) is 7.01. The SMILES string of the molecule is CCNC(=NCc1ccc(F)cc1C(F)(F)F)NCCC(=O)NC1CCCC1. The van der Waals surface area contributed by atoms with Gasteiger partial charge in [-0.05, 0) is 37.5 Å². The molecule has 1 aliphatic rings. The summed E-state index contributed by atoms with van der Waals surface area (Å²) < 4.78 is 52.4. The van der Waals surface area contributed by atoms with Crippen molar-refractivity contribution >= 4 is 11.9 Å². The number of halogens is 4. The molecule has 28 heavy (non-hydrogen) atoms. The quantitative estimate of drug-likeness (QED) is 0.372. The van der Waals surface area contributed by atoms with Crippen molar-refractivity contribution in [1.29, 1.82) is 0 Å². The van der Waals surface area contributed by atoms with E-state index in [1.807, 2.05) is 6.92 Å². The summed E-state index contributed by atoms with van der Waals surface area (Å²) in [5.41, 5.74) is -1.16. The molecule has 0 radical (unpaired) electrons. The molecule has 5 nitrogen and oxygen atoms in total. The maximum absolute atomic E-state index is 13.2. The molecule has 156 valence electrons. The Bertz CT molecular complexity index is 685. The average molecular weight is 402 g/mol. The molecule has 0 aromatic heterocycles. The lowest BCUT2D eigenvalue weighted by molar-refractivity contribution is -0.138. The number of alkyl halides is 3. The molecular weight excluding hydrogens is 376 g/mol. The van der Waals surface area contributed by atoms with Gasteiger partial charge < -0.3 is 16.0 Å². The summed E-state index contributed by atoms with van der Waals surface area (Å²) in [7, 11) is 0. The largest absolute Gasteiger partial charge is 0.416 e. The molecule has 1 aliphatic carbocycles. The van der Waals surface area contributed by atoms with Crippen LogP contribution < -0.4 is 16.0 Å². The molecule has 1 aromatic carbocycles. The van der Waals surface area contributed by atoms with Gasteiger partial charge in [0.15, 0.2) is 5.96 Å². The molecule has 0 spiro atoms. The third-order valence-corrected chi connectivity index (χ3v) is 4.49. The van der Waals surface area contributed by atoms with E-state index >= 15 is 0 Å². The number of hydrogen-bond acceptors (Lipinski definition) is 2. The second kappa shape index (κ2) is 10.3. The van der Waals surface area contributed by atoms with Crippen molar-refractivity contribution in [2.24, 2.45) is 4.99 Å². The normalized spacial score (nSPS) is 15.5. The fourth-order valence-corrected chi connectivity index (χ4v) is 3.12. The molecular formula is C19H26F4N4O. The van der Waals surface area contributed by atoms with Crippen LogP contribution in [0.2, 0.25) is 0 Å². The molecule has 0 aliphatic heterocycles. The van der Waals surface area contributed by atoms with Gasteiger partial charge in [0.1, 0.15) is 5.82 Å². The van der Waals surface area contributed by atoms with E-state index in [9.17, 15) is 22.4 Å². The summed E-state index contributed by atoms with van der Waals surface area (Å²) in [5.74, 6) is -0.708. The Kier molecular flexibility index (Phi) is 8.07. The van der Waals surface area contributed by atoms with Crippen LogP contribution in [0.15, 0.2) is 23.2 Å². The van der Waals surface area contributed by atoms with Crippen molar-refractivity contribution in [3.63, 3.8) is 0 Å². The van der Waals surface area contributed by atoms with Crippen LogP contribution in [0.25, 0.3) is 0 Å². The third-order valence-electron chi connectivity index (χ3n) is 4.49. The molecule has 1 aromatic rings. The van der Waals surface area contributed by atoms with Crippen molar-refractivity contribution in [3.8, 4) is 0 Å². The Morgan fingerprint density at radius 3 is 2.57 bits per heavy atom. The minimum absolute atomic E-state index is 0.0619. The molecule has 0 unspecified atom stereocenters. The molecule has 0 atom stereocenters. The minimum Gasteiger partial charge on any atom is -0.357 e. The Balaban J connectivity index is 1.92. The van der Waals surface area contributed by atoms with E-state index in [0.29, 0.717) is 25.1 Å². The molecule has 1 saturated carbocycles. The molecule has 9 heteroatoms. The molecule has 1 amide bonds. The number of guanidine groups is 1. The van der Waals surface area contributed by atoms with Gasteiger partial charge in [-0.25, -0.2) is 9.38 Å². The lowest BCUT2D eigenvalue weighted by Crippen LogP contribution is -2.40. The highest BCUT2D eigenvalue weighted by Gasteiger charge is 2.33. The number of nitrogens with one attached hydrogen (secondary N) is 3. The number of aliphatic imine (C=N–C) groups is 1. The first-order valence-electron chi connectivity index (χ1n) is 9.46. The van der Waals surface area contributed by atoms with E-state index in [1.54, 1.807) is 0 Å². The van der Waals surface area contributed by atoms with Crippen LogP contribution in [-0.2, 0) is 17.5 Å². The van der Waals surface area contributed by atoms with Gasteiger partial charge in [0.05, 0.1) is 12.1 Å². The molecule has 1 fully saturated rings. The van der Waals surface area contributed by atoms with Crippen LogP contribution in [0.4, 0.5) is 17.6 Å². The highest BCUT2D eigenvalue weighted by atomic mass is 19.4. The number of carbonyl (C=O) groups excluding carboxylic acids is 1. The minimum atomic E-state index is -4.66. The van der Waals surface area contributed by atoms with E-state index in [1.165, 1.54) is 0 Å². The maximum Gasteiger partial charge on any atom is 0.416 e. The van der Waals surface area contributed by atoms with Crippen LogP contribution in [0.1, 0.15) is 50.2 Å². The highest BCUT2D eigenvalue weighted by Crippen LogP contribution is 2.32. The van der Waals surface area contributed by atoms with E-state index in [0.717, 1.165) is 37.8 Å². The number of amides is 1. The Hall–Kier alpha value is -2.32. The van der Waals surface area contributed by atoms with Gasteiger partial charge in [-0.3, -0.25) is 4.79 Å². The van der Waals surface area contributed by atoms with Crippen molar-refractivity contribution < 1.29 is 22.4 Å². The predicted octanol–water partition coefficient (Wildman–Crippen LogP) is 3.35. The summed E-state index contributed by atoms with van der Waals surface area (Å²) in [5, 5.41) is 8.83. The predicted molar refractivity (Wildman–Crippen MR) is 99.2 cm³/mol. The first-order valence-corrected chi connectivity index (χ1v) is 9.46. The summed E-state index contributed by atoms with van der Waals surface area (Å²) in [6.07, 6.45) is -0.152. The first kappa shape index (κ1) is 22.0. The molecule has 0 heterocycles. The van der Waals surface area contributed by atoms with Crippen LogP contribution in [0.3, 0.4) is 0 Å². The Labute approximate surface area is 162 Å². The lowest BCUT2D eigenvalue weighted by Gasteiger charge is -2.15. The van der Waals surface area contributed by atoms with Crippen molar-refractivity contribution in [2.75, 3.05) is 13.1 Å². The zero-order valence-corrected chi connectivity index (χ0v) is 15.8. The molecule has 3 N–H and O–H groups in total. The van der Waals surface area contributed by atoms with Crippen molar-refractivity contribution in [3.05, 3.63) is 35.1 Å². The molecule has 0 saturated heterocycles. The summed E-state index contributed by atoms with van der Waals surface area (Å²) >= 11 is 0. The Morgan fingerprint density at radius 2 is 1.93 bits per heavy atom. The van der Waals surface area contributed by atoms with Gasteiger partial charge in [-0.1, -0.05) is 18.9 Å². The zero-order chi connectivity index (χ0) is 20.6. The van der Waals surface area contributed by atoms with E-state index < -0.39 is 17.6 Å². The van der Waals surface area contributed by atoms with Crippen LogP contribution in [0.5, 0.6) is 0 Å². The van der Waals surface area contributed by atoms with Gasteiger partial charge in [-0.2, -0.15) is 13.2 Å². The molecule has 0 bridgehead atoms. The average Bonchev–Trinajstić information content (AvgIpc) is 3.12. The topological polar surface area (TPSA) is 65.5 Å². The van der Waals surface area contributed by atoms with Gasteiger partial charge in [0, 0.05) is 25.6 Å². The fourth-order valence-electron chi connectivity index (χ4n) is 3.12. The van der Waals surface area contributed by atoms with E-state index in [4.69, 9.17) is 0 Å². The zero-order valence-electron chi connectivity index (χ0n) is 15.8. The standard InChI is InChI=1S/C19H26F4N4O/c1-2-24-18(25-10-9-17(28)27-15-5-3-4-6-15)26-12-13-7-8-14(20)11-16(13)19(21,22)23/h7-8,11,15H,2-6,9-10,12H2,1H3,(H,27,28)(H2,24,25,26). The second-order valence-corrected chi connectivity index (χ2v) is 6.72. The van der Waals surface area contributed by atoms with Gasteiger partial charge >= 0.3 is 6.18 Å². The summed E-state index contributed by atoms with van der Waals surface area (Å²) in [4.78, 5) is 16.1. The second-order valence-electron chi connectivity index (χ2n) is 6.72. The van der Waals surface area contributed by atoms with Crippen molar-refractivity contribution in [1.82, 2.24) is 16.0 Å². The number of nitrogens with zero attached hydrogens (tertiary/aromatic N) is 1. The smallest absolute Gasteiger partial charge is 0.357 e. The number of carbonyl (C=O) groups is 1. The number of benzene rings is 1. The fraction of sp³-hybridized carbons (Fsp3) is 0.579. The van der Waals surface area contributed by atoms with Crippen LogP contribution >= 0.6 is 0 Å². The number of hydrogen-bond donors (Lipinski definition) is 3. The van der Waals surface area contributed by atoms with Gasteiger partial charge in [0.25, 0.3) is 0 Å². The van der Waals surface area contributed by atoms with E-state index in [-0.39, 0.29) is 30.5 Å². The van der Waals surface area contributed by atoms with Gasteiger partial charge in [-0.15, -0.1) is 0 Å². The highest BCUT2D eigenvalue weighted by molar-refractivity contribution is 5.81. The Morgan fingerprint density at radius 1 is 1.21 bits per heavy atom. The first-order chi connectivity index (χ1) is 13.3. The van der Waals surface area contributed by atoms with Gasteiger partial charge in [0.2, 0.25) is 5.91 Å². The monoisotopic (exact) mass is 402 g/mol. The summed E-state index contributed by atoms with van der Waals surface area (Å²) in [6.45, 7) is 2.37.